The van der Waals surface area contributed by atoms with Crippen molar-refractivity contribution in [3.05, 3.63) is 84.7 Å². The van der Waals surface area contributed by atoms with E-state index in [1.165, 1.54) is 13.2 Å². The number of esters is 1. The van der Waals surface area contributed by atoms with E-state index in [4.69, 9.17) is 0 Å². The molecule has 2 heterocycles. The molecule has 116 valence electrons. The van der Waals surface area contributed by atoms with Gasteiger partial charge in [0, 0.05) is 36.6 Å². The zero-order valence-electron chi connectivity index (χ0n) is 12.7. The van der Waals surface area contributed by atoms with Crippen LogP contribution in [0, 0.1) is 0 Å². The van der Waals surface area contributed by atoms with Gasteiger partial charge in [0.2, 0.25) is 0 Å². The molecule has 0 saturated carbocycles. The fourth-order valence-electron chi connectivity index (χ4n) is 2.54. The smallest absolute Gasteiger partial charge is 0.331 e. The molecule has 0 fully saturated rings. The van der Waals surface area contributed by atoms with E-state index in [0.717, 1.165) is 11.3 Å². The second kappa shape index (κ2) is 6.79. The van der Waals surface area contributed by atoms with E-state index in [1.807, 2.05) is 51.9 Å². The lowest BCUT2D eigenvalue weighted by molar-refractivity contribution is -0.134. The molecular weight excluding hydrogens is 290 g/mol. The number of hydrogen-bond donors (Lipinski definition) is 0. The molecule has 0 aliphatic rings. The molecule has 0 aliphatic carbocycles. The second-order valence-corrected chi connectivity index (χ2v) is 5.00. The number of nitrogens with zero attached hydrogens (tertiary/aromatic N) is 3. The monoisotopic (exact) mass is 307 g/mol. The van der Waals surface area contributed by atoms with Gasteiger partial charge in [-0.25, -0.2) is 9.78 Å². The summed E-state index contributed by atoms with van der Waals surface area (Å²) in [5.41, 5.74) is 2.16. The minimum Gasteiger partial charge on any atom is -0.466 e. The Balaban J connectivity index is 2.04. The van der Waals surface area contributed by atoms with E-state index in [9.17, 15) is 4.79 Å². The van der Waals surface area contributed by atoms with Crippen molar-refractivity contribution in [3.8, 4) is 0 Å². The number of carbonyl (C=O) groups is 1. The van der Waals surface area contributed by atoms with Gasteiger partial charge >= 0.3 is 5.97 Å². The number of methoxy groups -OCH3 is 1. The number of carbonyl (C=O) groups excluding carboxylic acids is 1. The molecule has 0 saturated heterocycles. The maximum absolute atomic E-state index is 11.3. The van der Waals surface area contributed by atoms with Crippen LogP contribution in [-0.2, 0) is 9.53 Å². The van der Waals surface area contributed by atoms with Crippen molar-refractivity contribution in [2.24, 2.45) is 0 Å². The molecule has 0 radical (unpaired) electrons. The average molecular weight is 307 g/mol. The van der Waals surface area contributed by atoms with Crippen molar-refractivity contribution in [3.63, 3.8) is 0 Å². The Bertz CT molecular complexity index is 789. The van der Waals surface area contributed by atoms with Gasteiger partial charge in [0.1, 0.15) is 6.04 Å². The predicted octanol–water partition coefficient (Wildman–Crippen LogP) is 2.97. The van der Waals surface area contributed by atoms with E-state index in [2.05, 4.69) is 21.9 Å². The first kappa shape index (κ1) is 14.8. The Labute approximate surface area is 134 Å². The van der Waals surface area contributed by atoms with Gasteiger partial charge in [-0.2, -0.15) is 0 Å². The summed E-state index contributed by atoms with van der Waals surface area (Å²) in [6.45, 7) is 0. The summed E-state index contributed by atoms with van der Waals surface area (Å²) in [5, 5.41) is 0. The molecule has 23 heavy (non-hydrogen) atoms. The molecule has 0 N–H and O–H groups in total. The molecule has 1 aromatic carbocycles. The zero-order valence-corrected chi connectivity index (χ0v) is 12.7. The van der Waals surface area contributed by atoms with Crippen molar-refractivity contribution in [1.29, 1.82) is 0 Å². The summed E-state index contributed by atoms with van der Waals surface area (Å²) in [5.74, 6) is -0.386. The molecule has 5 heteroatoms. The molecular formula is C18H17N3O2. The average Bonchev–Trinajstić information content (AvgIpc) is 3.26. The summed E-state index contributed by atoms with van der Waals surface area (Å²) < 4.78 is 8.60. The third-order valence-corrected chi connectivity index (χ3v) is 3.60. The Morgan fingerprint density at radius 2 is 2.00 bits per heavy atom. The number of hydrogen-bond acceptors (Lipinski definition) is 3. The van der Waals surface area contributed by atoms with Crippen LogP contribution in [0.1, 0.15) is 17.3 Å². The van der Waals surface area contributed by atoms with Crippen LogP contribution in [-0.4, -0.2) is 27.2 Å². The Hall–Kier alpha value is -3.08. The van der Waals surface area contributed by atoms with Crippen molar-refractivity contribution in [2.75, 3.05) is 7.11 Å². The molecule has 3 aromatic rings. The van der Waals surface area contributed by atoms with Crippen LogP contribution >= 0.6 is 0 Å². The van der Waals surface area contributed by atoms with Crippen molar-refractivity contribution in [1.82, 2.24) is 14.1 Å². The van der Waals surface area contributed by atoms with Crippen molar-refractivity contribution >= 4 is 12.2 Å². The number of benzene rings is 1. The van der Waals surface area contributed by atoms with Crippen LogP contribution in [0.5, 0.6) is 0 Å². The van der Waals surface area contributed by atoms with Gasteiger partial charge in [-0.15, -0.1) is 0 Å². The topological polar surface area (TPSA) is 49.0 Å². The maximum Gasteiger partial charge on any atom is 0.331 e. The van der Waals surface area contributed by atoms with Gasteiger partial charge in [0.05, 0.1) is 13.4 Å². The highest BCUT2D eigenvalue weighted by Gasteiger charge is 2.18. The van der Waals surface area contributed by atoms with Crippen LogP contribution < -0.4 is 0 Å². The third kappa shape index (κ3) is 3.23. The standard InChI is InChI=1S/C18H17N3O2/c1-23-17(22)9-12-20-11-5-8-16(20)18(21-13-10-19-14-21)15-6-3-2-4-7-15/h2-14,18H,1H3/b12-9+. The molecule has 1 unspecified atom stereocenters. The van der Waals surface area contributed by atoms with Crippen LogP contribution in [0.2, 0.25) is 0 Å². The van der Waals surface area contributed by atoms with Crippen LogP contribution in [0.3, 0.4) is 0 Å². The van der Waals surface area contributed by atoms with Gasteiger partial charge in [0.25, 0.3) is 0 Å². The Morgan fingerprint density at radius 3 is 2.70 bits per heavy atom. The molecule has 3 rings (SSSR count). The number of rotatable bonds is 5. The lowest BCUT2D eigenvalue weighted by atomic mass is 10.0. The van der Waals surface area contributed by atoms with E-state index in [0.29, 0.717) is 0 Å². The number of ether oxygens (including phenoxy) is 1. The Kier molecular flexibility index (Phi) is 4.38. The SMILES string of the molecule is COC(=O)/C=C/n1cccc1C(c1ccccc1)n1ccnc1. The highest BCUT2D eigenvalue weighted by Crippen LogP contribution is 2.27. The van der Waals surface area contributed by atoms with Crippen molar-refractivity contribution in [2.45, 2.75) is 6.04 Å². The quantitative estimate of drug-likeness (QED) is 0.538. The molecule has 0 aliphatic heterocycles. The summed E-state index contributed by atoms with van der Waals surface area (Å²) in [7, 11) is 1.36. The summed E-state index contributed by atoms with van der Waals surface area (Å²) in [6.07, 6.45) is 10.5. The van der Waals surface area contributed by atoms with Crippen LogP contribution in [0.25, 0.3) is 6.20 Å². The molecule has 1 atom stereocenters. The Morgan fingerprint density at radius 1 is 1.17 bits per heavy atom. The van der Waals surface area contributed by atoms with Crippen LogP contribution in [0.4, 0.5) is 0 Å². The zero-order chi connectivity index (χ0) is 16.1. The third-order valence-electron chi connectivity index (χ3n) is 3.60. The molecule has 0 spiro atoms. The van der Waals surface area contributed by atoms with Gasteiger partial charge in [-0.05, 0) is 17.7 Å². The minimum absolute atomic E-state index is 0.0315. The maximum atomic E-state index is 11.3. The number of aromatic nitrogens is 3. The summed E-state index contributed by atoms with van der Waals surface area (Å²) in [4.78, 5) is 15.5. The van der Waals surface area contributed by atoms with E-state index < -0.39 is 0 Å². The fraction of sp³-hybridized carbons (Fsp3) is 0.111. The van der Waals surface area contributed by atoms with E-state index >= 15 is 0 Å². The van der Waals surface area contributed by atoms with Crippen LogP contribution in [0.15, 0.2) is 73.5 Å². The lowest BCUT2D eigenvalue weighted by Gasteiger charge is -2.20. The summed E-state index contributed by atoms with van der Waals surface area (Å²) >= 11 is 0. The van der Waals surface area contributed by atoms with Gasteiger partial charge in [-0.1, -0.05) is 30.3 Å². The highest BCUT2D eigenvalue weighted by atomic mass is 16.5. The normalized spacial score (nSPS) is 12.4. The molecule has 2 aromatic heterocycles. The van der Waals surface area contributed by atoms with Crippen molar-refractivity contribution < 1.29 is 9.53 Å². The molecule has 5 nitrogen and oxygen atoms in total. The van der Waals surface area contributed by atoms with Gasteiger partial charge in [0.15, 0.2) is 0 Å². The first-order chi connectivity index (χ1) is 11.3. The highest BCUT2D eigenvalue weighted by molar-refractivity contribution is 5.84. The molecule has 0 bridgehead atoms. The summed E-state index contributed by atoms with van der Waals surface area (Å²) in [6, 6.07) is 14.1. The molecule has 0 amide bonds. The largest absolute Gasteiger partial charge is 0.466 e. The lowest BCUT2D eigenvalue weighted by Crippen LogP contribution is -2.13. The van der Waals surface area contributed by atoms with Gasteiger partial charge in [-0.3, -0.25) is 0 Å². The van der Waals surface area contributed by atoms with Gasteiger partial charge < -0.3 is 13.9 Å². The second-order valence-electron chi connectivity index (χ2n) is 5.00. The number of imidazole rings is 1. The first-order valence-electron chi connectivity index (χ1n) is 7.25. The first-order valence-corrected chi connectivity index (χ1v) is 7.25. The van der Waals surface area contributed by atoms with E-state index in [-0.39, 0.29) is 12.0 Å². The fourth-order valence-corrected chi connectivity index (χ4v) is 2.54. The predicted molar refractivity (Wildman–Crippen MR) is 87.7 cm³/mol. The van der Waals surface area contributed by atoms with E-state index in [1.54, 1.807) is 18.7 Å². The minimum atomic E-state index is -0.386.